The molecule has 0 bridgehead atoms. The van der Waals surface area contributed by atoms with Crippen molar-refractivity contribution in [3.8, 4) is 5.75 Å². The van der Waals surface area contributed by atoms with Crippen LogP contribution in [0.1, 0.15) is 5.56 Å². The largest absolute Gasteiger partial charge is 0.491 e. The summed E-state index contributed by atoms with van der Waals surface area (Å²) in [6, 6.07) is 7.17. The van der Waals surface area contributed by atoms with Gasteiger partial charge in [0.05, 0.1) is 18.1 Å². The van der Waals surface area contributed by atoms with Crippen molar-refractivity contribution in [1.29, 1.82) is 0 Å². The zero-order chi connectivity index (χ0) is 15.0. The van der Waals surface area contributed by atoms with Gasteiger partial charge in [0, 0.05) is 19.2 Å². The van der Waals surface area contributed by atoms with Crippen molar-refractivity contribution in [2.45, 2.75) is 12.6 Å². The van der Waals surface area contributed by atoms with Crippen LogP contribution in [0.3, 0.4) is 0 Å². The highest BCUT2D eigenvalue weighted by Crippen LogP contribution is 2.17. The van der Waals surface area contributed by atoms with Gasteiger partial charge in [-0.2, -0.15) is 0 Å². The van der Waals surface area contributed by atoms with Crippen molar-refractivity contribution in [2.75, 3.05) is 31.8 Å². The van der Waals surface area contributed by atoms with Gasteiger partial charge in [-0.3, -0.25) is 0 Å². The van der Waals surface area contributed by atoms with Gasteiger partial charge in [-0.25, -0.2) is 8.42 Å². The van der Waals surface area contributed by atoms with Gasteiger partial charge >= 0.3 is 0 Å². The zero-order valence-electron chi connectivity index (χ0n) is 11.5. The number of benzene rings is 1. The first-order chi connectivity index (χ1) is 9.48. The Hall–Kier alpha value is -1.15. The Kier molecular flexibility index (Phi) is 6.94. The highest BCUT2D eigenvalue weighted by atomic mass is 32.2. The lowest BCUT2D eigenvalue weighted by Gasteiger charge is -2.14. The molecule has 114 valence electrons. The Morgan fingerprint density at radius 3 is 2.70 bits per heavy atom. The van der Waals surface area contributed by atoms with Crippen LogP contribution in [-0.4, -0.2) is 51.5 Å². The first-order valence-electron chi connectivity index (χ1n) is 6.26. The fraction of sp³-hybridized carbons (Fsp3) is 0.538. The number of ether oxygens (including phenoxy) is 2. The number of aliphatic hydroxyl groups is 1. The van der Waals surface area contributed by atoms with Crippen molar-refractivity contribution in [1.82, 2.24) is 0 Å². The maximum absolute atomic E-state index is 11.6. The lowest BCUT2D eigenvalue weighted by Crippen LogP contribution is -2.29. The maximum atomic E-state index is 11.6. The summed E-state index contributed by atoms with van der Waals surface area (Å²) in [5.74, 6) is 0.101. The molecule has 0 aliphatic carbocycles. The van der Waals surface area contributed by atoms with Crippen molar-refractivity contribution >= 4 is 9.84 Å². The average Bonchev–Trinajstić information content (AvgIpc) is 2.42. The van der Waals surface area contributed by atoms with E-state index in [1.165, 1.54) is 7.11 Å². The second kappa shape index (κ2) is 8.21. The smallest absolute Gasteiger partial charge is 0.155 e. The van der Waals surface area contributed by atoms with Gasteiger partial charge in [0.15, 0.2) is 9.84 Å². The maximum Gasteiger partial charge on any atom is 0.155 e. The lowest BCUT2D eigenvalue weighted by atomic mass is 10.2. The quantitative estimate of drug-likeness (QED) is 0.663. The molecule has 1 rings (SSSR count). The summed E-state index contributed by atoms with van der Waals surface area (Å²) in [6.45, 7) is 0.341. The molecule has 1 aromatic rings. The van der Waals surface area contributed by atoms with Gasteiger partial charge in [0.2, 0.25) is 0 Å². The van der Waals surface area contributed by atoms with E-state index in [4.69, 9.17) is 15.2 Å². The van der Waals surface area contributed by atoms with E-state index >= 15 is 0 Å². The number of rotatable bonds is 9. The van der Waals surface area contributed by atoms with E-state index in [-0.39, 0.29) is 24.7 Å². The second-order valence-electron chi connectivity index (χ2n) is 4.38. The minimum atomic E-state index is -3.34. The molecule has 0 aromatic heterocycles. The Morgan fingerprint density at radius 1 is 1.35 bits per heavy atom. The number of para-hydroxylation sites is 1. The molecule has 0 radical (unpaired) electrons. The fourth-order valence-electron chi connectivity index (χ4n) is 1.63. The standard InChI is InChI=1S/C13H21NO5S/c1-18-6-7-20(16,17)10-12(15)9-19-13-5-3-2-4-11(13)8-14/h2-5,12,15H,6-10,14H2,1H3. The molecule has 0 aliphatic heterocycles. The predicted molar refractivity (Wildman–Crippen MR) is 76.4 cm³/mol. The summed E-state index contributed by atoms with van der Waals surface area (Å²) < 4.78 is 33.4. The average molecular weight is 303 g/mol. The Labute approximate surface area is 119 Å². The predicted octanol–water partition coefficient (Wildman–Crippen LogP) is -0.0538. The Morgan fingerprint density at radius 2 is 2.05 bits per heavy atom. The van der Waals surface area contributed by atoms with E-state index in [1.807, 2.05) is 12.1 Å². The van der Waals surface area contributed by atoms with Crippen LogP contribution < -0.4 is 10.5 Å². The van der Waals surface area contributed by atoms with Gasteiger partial charge in [-0.15, -0.1) is 0 Å². The minimum absolute atomic E-state index is 0.0940. The molecule has 0 fully saturated rings. The van der Waals surface area contributed by atoms with E-state index in [1.54, 1.807) is 12.1 Å². The van der Waals surface area contributed by atoms with Gasteiger partial charge in [-0.1, -0.05) is 18.2 Å². The lowest BCUT2D eigenvalue weighted by molar-refractivity contribution is 0.124. The van der Waals surface area contributed by atoms with Gasteiger partial charge < -0.3 is 20.3 Å². The summed E-state index contributed by atoms with van der Waals surface area (Å²) in [6.07, 6.45) is -1.08. The van der Waals surface area contributed by atoms with Crippen molar-refractivity contribution < 1.29 is 23.0 Å². The number of hydrogen-bond donors (Lipinski definition) is 2. The molecule has 0 saturated heterocycles. The molecular weight excluding hydrogens is 282 g/mol. The number of aliphatic hydroxyl groups excluding tert-OH is 1. The molecule has 7 heteroatoms. The summed E-state index contributed by atoms with van der Waals surface area (Å²) in [5, 5.41) is 9.73. The molecule has 1 atom stereocenters. The number of methoxy groups -OCH3 is 1. The molecule has 0 amide bonds. The van der Waals surface area contributed by atoms with Crippen LogP contribution in [0.4, 0.5) is 0 Å². The normalized spacial score (nSPS) is 13.2. The topological polar surface area (TPSA) is 98.9 Å². The van der Waals surface area contributed by atoms with E-state index in [0.29, 0.717) is 12.3 Å². The molecule has 1 aromatic carbocycles. The highest BCUT2D eigenvalue weighted by Gasteiger charge is 2.18. The molecule has 6 nitrogen and oxygen atoms in total. The Bertz CT molecular complexity index is 503. The molecule has 1 unspecified atom stereocenters. The van der Waals surface area contributed by atoms with Crippen molar-refractivity contribution in [2.24, 2.45) is 5.73 Å². The number of hydrogen-bond acceptors (Lipinski definition) is 6. The number of sulfone groups is 1. The molecule has 3 N–H and O–H groups in total. The SMILES string of the molecule is COCCS(=O)(=O)CC(O)COc1ccccc1CN. The van der Waals surface area contributed by atoms with E-state index in [0.717, 1.165) is 5.56 Å². The Balaban J connectivity index is 2.49. The van der Waals surface area contributed by atoms with Crippen LogP contribution in [-0.2, 0) is 21.1 Å². The molecular formula is C13H21NO5S. The molecule has 0 heterocycles. The van der Waals surface area contributed by atoms with E-state index in [9.17, 15) is 13.5 Å². The first kappa shape index (κ1) is 16.9. The molecule has 20 heavy (non-hydrogen) atoms. The van der Waals surface area contributed by atoms with Crippen LogP contribution in [0.25, 0.3) is 0 Å². The van der Waals surface area contributed by atoms with Crippen LogP contribution in [0, 0.1) is 0 Å². The summed E-state index contributed by atoms with van der Waals surface area (Å²) in [4.78, 5) is 0. The van der Waals surface area contributed by atoms with Gasteiger partial charge in [0.25, 0.3) is 0 Å². The monoisotopic (exact) mass is 303 g/mol. The summed E-state index contributed by atoms with van der Waals surface area (Å²) in [5.41, 5.74) is 6.37. The third kappa shape index (κ3) is 5.87. The molecule has 0 aliphatic rings. The van der Waals surface area contributed by atoms with Gasteiger partial charge in [-0.05, 0) is 6.07 Å². The third-order valence-corrected chi connectivity index (χ3v) is 4.35. The van der Waals surface area contributed by atoms with Crippen LogP contribution >= 0.6 is 0 Å². The molecule has 0 spiro atoms. The van der Waals surface area contributed by atoms with E-state index < -0.39 is 15.9 Å². The third-order valence-electron chi connectivity index (χ3n) is 2.67. The first-order valence-corrected chi connectivity index (χ1v) is 8.09. The molecule has 0 saturated carbocycles. The fourth-order valence-corrected chi connectivity index (χ4v) is 2.90. The number of nitrogens with two attached hydrogens (primary N) is 1. The summed E-state index contributed by atoms with van der Waals surface area (Å²) in [7, 11) is -1.91. The minimum Gasteiger partial charge on any atom is -0.491 e. The van der Waals surface area contributed by atoms with Crippen molar-refractivity contribution in [3.05, 3.63) is 29.8 Å². The van der Waals surface area contributed by atoms with Gasteiger partial charge in [0.1, 0.15) is 18.5 Å². The van der Waals surface area contributed by atoms with E-state index in [2.05, 4.69) is 0 Å². The van der Waals surface area contributed by atoms with Crippen LogP contribution in [0.15, 0.2) is 24.3 Å². The summed E-state index contributed by atoms with van der Waals surface area (Å²) >= 11 is 0. The second-order valence-corrected chi connectivity index (χ2v) is 6.61. The zero-order valence-corrected chi connectivity index (χ0v) is 12.3. The van der Waals surface area contributed by atoms with Crippen LogP contribution in [0.5, 0.6) is 5.75 Å². The highest BCUT2D eigenvalue weighted by molar-refractivity contribution is 7.91. The van der Waals surface area contributed by atoms with Crippen molar-refractivity contribution in [3.63, 3.8) is 0 Å². The van der Waals surface area contributed by atoms with Crippen LogP contribution in [0.2, 0.25) is 0 Å².